The van der Waals surface area contributed by atoms with E-state index in [1.54, 1.807) is 6.07 Å². The second-order valence-electron chi connectivity index (χ2n) is 3.51. The second kappa shape index (κ2) is 7.81. The number of nitro benzene ring substituents is 1. The third kappa shape index (κ3) is 5.88. The highest BCUT2D eigenvalue weighted by atomic mass is 32.1. The van der Waals surface area contributed by atoms with Crippen LogP contribution < -0.4 is 22.3 Å². The molecule has 1 aromatic rings. The van der Waals surface area contributed by atoms with Crippen molar-refractivity contribution in [1.29, 1.82) is 0 Å². The van der Waals surface area contributed by atoms with E-state index in [-0.39, 0.29) is 21.6 Å². The van der Waals surface area contributed by atoms with Crippen LogP contribution in [-0.4, -0.2) is 27.1 Å². The molecule has 0 unspecified atom stereocenters. The molecule has 9 nitrogen and oxygen atoms in total. The standard InChI is InChI=1S/C10H11N7O2S2/c11-9(20)15-13-5-8(14-16-10(12)21)6-2-1-3-7(4-6)17(18)19/h1-5H,(H3,11,15,20)(H3,12,16,21)/b13-5-,14-8-. The van der Waals surface area contributed by atoms with Crippen molar-refractivity contribution in [2.45, 2.75) is 0 Å². The normalized spacial score (nSPS) is 11.1. The minimum atomic E-state index is -0.521. The molecule has 0 bridgehead atoms. The minimum Gasteiger partial charge on any atom is -0.375 e. The molecule has 0 aliphatic heterocycles. The Morgan fingerprint density at radius 3 is 2.52 bits per heavy atom. The van der Waals surface area contributed by atoms with Gasteiger partial charge in [0.2, 0.25) is 0 Å². The van der Waals surface area contributed by atoms with Crippen LogP contribution in [0.15, 0.2) is 34.5 Å². The molecule has 0 aromatic heterocycles. The third-order valence-corrected chi connectivity index (χ3v) is 2.18. The number of nitrogens with two attached hydrogens (primary N) is 2. The average molecular weight is 325 g/mol. The van der Waals surface area contributed by atoms with E-state index in [0.717, 1.165) is 0 Å². The van der Waals surface area contributed by atoms with Crippen molar-refractivity contribution >= 4 is 52.3 Å². The van der Waals surface area contributed by atoms with Gasteiger partial charge < -0.3 is 11.5 Å². The van der Waals surface area contributed by atoms with Gasteiger partial charge in [0.15, 0.2) is 10.2 Å². The maximum absolute atomic E-state index is 10.8. The van der Waals surface area contributed by atoms with Crippen molar-refractivity contribution in [2.24, 2.45) is 21.7 Å². The zero-order chi connectivity index (χ0) is 15.8. The van der Waals surface area contributed by atoms with Crippen molar-refractivity contribution in [3.05, 3.63) is 39.9 Å². The van der Waals surface area contributed by atoms with E-state index in [1.165, 1.54) is 24.4 Å². The number of benzene rings is 1. The number of non-ortho nitro benzene ring substituents is 1. The van der Waals surface area contributed by atoms with Crippen LogP contribution in [0.25, 0.3) is 0 Å². The number of hydrogen-bond donors (Lipinski definition) is 4. The number of nitrogens with one attached hydrogen (secondary N) is 2. The first kappa shape index (κ1) is 16.4. The molecule has 1 aromatic carbocycles. The molecule has 0 saturated carbocycles. The van der Waals surface area contributed by atoms with Gasteiger partial charge in [-0.1, -0.05) is 12.1 Å². The van der Waals surface area contributed by atoms with E-state index < -0.39 is 4.92 Å². The van der Waals surface area contributed by atoms with E-state index in [0.29, 0.717) is 5.56 Å². The van der Waals surface area contributed by atoms with Crippen molar-refractivity contribution in [3.63, 3.8) is 0 Å². The lowest BCUT2D eigenvalue weighted by Crippen LogP contribution is -2.27. The van der Waals surface area contributed by atoms with E-state index >= 15 is 0 Å². The zero-order valence-electron chi connectivity index (χ0n) is 10.5. The Balaban J connectivity index is 3.10. The van der Waals surface area contributed by atoms with Crippen LogP contribution in [0.2, 0.25) is 0 Å². The lowest BCUT2D eigenvalue weighted by Gasteiger charge is -2.03. The summed E-state index contributed by atoms with van der Waals surface area (Å²) in [6.07, 6.45) is 1.27. The lowest BCUT2D eigenvalue weighted by molar-refractivity contribution is -0.384. The number of hydrogen-bond acceptors (Lipinski definition) is 6. The highest BCUT2D eigenvalue weighted by Crippen LogP contribution is 2.13. The molecular weight excluding hydrogens is 314 g/mol. The predicted molar refractivity (Wildman–Crippen MR) is 88.0 cm³/mol. The summed E-state index contributed by atoms with van der Waals surface area (Å²) in [7, 11) is 0. The smallest absolute Gasteiger partial charge is 0.270 e. The second-order valence-corrected chi connectivity index (χ2v) is 4.39. The molecule has 0 saturated heterocycles. The number of rotatable bonds is 5. The molecule has 11 heteroatoms. The van der Waals surface area contributed by atoms with Crippen molar-refractivity contribution in [3.8, 4) is 0 Å². The van der Waals surface area contributed by atoms with Gasteiger partial charge in [0.25, 0.3) is 5.69 Å². The molecule has 0 aliphatic rings. The first-order valence-corrected chi connectivity index (χ1v) is 6.18. The molecule has 0 aliphatic carbocycles. The van der Waals surface area contributed by atoms with Gasteiger partial charge in [-0.25, -0.2) is 0 Å². The van der Waals surface area contributed by atoms with Gasteiger partial charge in [-0.2, -0.15) is 10.2 Å². The Bertz CT molecular complexity index is 630. The molecule has 6 N–H and O–H groups in total. The van der Waals surface area contributed by atoms with E-state index in [4.69, 9.17) is 11.5 Å². The summed E-state index contributed by atoms with van der Waals surface area (Å²) in [4.78, 5) is 10.3. The maximum atomic E-state index is 10.8. The molecule has 110 valence electrons. The molecule has 1 rings (SSSR count). The Morgan fingerprint density at radius 2 is 1.95 bits per heavy atom. The Morgan fingerprint density at radius 1 is 1.29 bits per heavy atom. The molecule has 0 fully saturated rings. The molecule has 0 amide bonds. The van der Waals surface area contributed by atoms with E-state index in [1.807, 2.05) is 0 Å². The van der Waals surface area contributed by atoms with Crippen LogP contribution in [0.5, 0.6) is 0 Å². The number of hydrazone groups is 2. The van der Waals surface area contributed by atoms with Crippen LogP contribution in [0.4, 0.5) is 5.69 Å². The Hall–Kier alpha value is -2.66. The highest BCUT2D eigenvalue weighted by molar-refractivity contribution is 7.80. The quantitative estimate of drug-likeness (QED) is 0.255. The summed E-state index contributed by atoms with van der Waals surface area (Å²) in [5, 5.41) is 18.3. The summed E-state index contributed by atoms with van der Waals surface area (Å²) in [6.45, 7) is 0. The fourth-order valence-electron chi connectivity index (χ4n) is 1.22. The van der Waals surface area contributed by atoms with Crippen molar-refractivity contribution < 1.29 is 4.92 Å². The van der Waals surface area contributed by atoms with E-state index in [9.17, 15) is 10.1 Å². The topological polar surface area (TPSA) is 144 Å². The molecule has 0 spiro atoms. The van der Waals surface area contributed by atoms with Crippen LogP contribution in [0.3, 0.4) is 0 Å². The fourth-order valence-corrected chi connectivity index (χ4v) is 1.32. The van der Waals surface area contributed by atoms with Crippen LogP contribution >= 0.6 is 24.4 Å². The predicted octanol–water partition coefficient (Wildman–Crippen LogP) is -0.0489. The van der Waals surface area contributed by atoms with Gasteiger partial charge in [-0.3, -0.25) is 21.0 Å². The number of thiocarbonyl (C=S) groups is 2. The van der Waals surface area contributed by atoms with Crippen molar-refractivity contribution in [2.75, 3.05) is 0 Å². The van der Waals surface area contributed by atoms with E-state index in [2.05, 4.69) is 45.5 Å². The SMILES string of the molecule is NC(=S)N/N=C\C(=N\NC(N)=S)c1cccc([N+](=O)[O-])c1. The summed E-state index contributed by atoms with van der Waals surface area (Å²) in [6, 6.07) is 5.80. The Labute approximate surface area is 130 Å². The molecule has 0 heterocycles. The van der Waals surface area contributed by atoms with Gasteiger partial charge in [0.1, 0.15) is 5.71 Å². The molecule has 21 heavy (non-hydrogen) atoms. The number of nitro groups is 1. The largest absolute Gasteiger partial charge is 0.375 e. The number of nitrogens with zero attached hydrogens (tertiary/aromatic N) is 3. The van der Waals surface area contributed by atoms with Gasteiger partial charge in [-0.15, -0.1) is 0 Å². The van der Waals surface area contributed by atoms with Gasteiger partial charge in [0, 0.05) is 17.7 Å². The van der Waals surface area contributed by atoms with Crippen molar-refractivity contribution in [1.82, 2.24) is 10.9 Å². The fraction of sp³-hybridized carbons (Fsp3) is 0. The molecule has 0 radical (unpaired) electrons. The first-order chi connectivity index (χ1) is 9.90. The third-order valence-electron chi connectivity index (χ3n) is 2.00. The van der Waals surface area contributed by atoms with Gasteiger partial charge in [-0.05, 0) is 24.4 Å². The van der Waals surface area contributed by atoms with Crippen LogP contribution in [0.1, 0.15) is 5.56 Å². The lowest BCUT2D eigenvalue weighted by atomic mass is 10.1. The summed E-state index contributed by atoms with van der Waals surface area (Å²) < 4.78 is 0. The first-order valence-electron chi connectivity index (χ1n) is 5.36. The monoisotopic (exact) mass is 325 g/mol. The molecular formula is C10H11N7O2S2. The molecule has 0 atom stereocenters. The van der Waals surface area contributed by atoms with Crippen LogP contribution in [0, 0.1) is 10.1 Å². The van der Waals surface area contributed by atoms with Gasteiger partial charge in [0.05, 0.1) is 11.1 Å². The average Bonchev–Trinajstić information content (AvgIpc) is 2.42. The maximum Gasteiger partial charge on any atom is 0.270 e. The summed E-state index contributed by atoms with van der Waals surface area (Å²) in [5.74, 6) is 0. The van der Waals surface area contributed by atoms with Gasteiger partial charge >= 0.3 is 0 Å². The minimum absolute atomic E-state index is 0.0352. The summed E-state index contributed by atoms with van der Waals surface area (Å²) in [5.41, 5.74) is 15.8. The highest BCUT2D eigenvalue weighted by Gasteiger charge is 2.09. The zero-order valence-corrected chi connectivity index (χ0v) is 12.1. The van der Waals surface area contributed by atoms with Crippen LogP contribution in [-0.2, 0) is 0 Å². The summed E-state index contributed by atoms with van der Waals surface area (Å²) >= 11 is 9.23. The Kier molecular flexibility index (Phi) is 6.10.